The minimum Gasteiger partial charge on any atom is -0.497 e. The molecule has 0 spiro atoms. The molecule has 1 amide bonds. The molecule has 1 aliphatic rings. The molecule has 7 heteroatoms. The summed E-state index contributed by atoms with van der Waals surface area (Å²) in [6.45, 7) is 0. The van der Waals surface area contributed by atoms with Crippen LogP contribution in [0.1, 0.15) is 23.3 Å². The van der Waals surface area contributed by atoms with Crippen LogP contribution in [0.25, 0.3) is 22.6 Å². The zero-order valence-corrected chi connectivity index (χ0v) is 16.7. The van der Waals surface area contributed by atoms with Crippen molar-refractivity contribution in [2.75, 3.05) is 12.4 Å². The number of anilines is 1. The highest BCUT2D eigenvalue weighted by atomic mass is 16.5. The monoisotopic (exact) mass is 417 g/mol. The van der Waals surface area contributed by atoms with E-state index < -0.39 is 11.9 Å². The number of nitrogens with one attached hydrogen (secondary N) is 1. The molecule has 3 aromatic rings. The minimum atomic E-state index is -1.22. The number of carbonyl (C=O) groups excluding carboxylic acids is 1. The molecule has 0 unspecified atom stereocenters. The van der Waals surface area contributed by atoms with Crippen molar-refractivity contribution >= 4 is 40.2 Å². The Balaban J connectivity index is 1.71. The fourth-order valence-electron chi connectivity index (χ4n) is 3.57. The van der Waals surface area contributed by atoms with Crippen LogP contribution in [0.4, 0.5) is 5.69 Å². The van der Waals surface area contributed by atoms with Gasteiger partial charge in [0.2, 0.25) is 5.91 Å². The van der Waals surface area contributed by atoms with Gasteiger partial charge in [-0.1, -0.05) is 12.1 Å². The van der Waals surface area contributed by atoms with Gasteiger partial charge in [0, 0.05) is 29.5 Å². The quantitative estimate of drug-likeness (QED) is 0.611. The summed E-state index contributed by atoms with van der Waals surface area (Å²) in [5.74, 6) is -0.520. The third kappa shape index (κ3) is 4.25. The van der Waals surface area contributed by atoms with E-state index >= 15 is 0 Å². The number of carboxylic acids is 1. The highest BCUT2D eigenvalue weighted by molar-refractivity contribution is 6.03. The predicted molar refractivity (Wildman–Crippen MR) is 117 cm³/mol. The standard InChI is InChI=1S/C24H19NO6/c1-30-17-4-2-3-14(12-17)11-15-5-7-19-23(29)18-8-6-16(13-20(18)31-24(15)19)25-21(26)9-10-22(27)28/h2-4,6,8-13H,5,7H2,1H3,(H,25,26)(H,27,28)/b10-9-,15-11?. The summed E-state index contributed by atoms with van der Waals surface area (Å²) in [7, 11) is 1.61. The van der Waals surface area contributed by atoms with Crippen molar-refractivity contribution < 1.29 is 23.8 Å². The Morgan fingerprint density at radius 3 is 2.74 bits per heavy atom. The SMILES string of the molecule is COc1cccc(C=C2CCc3c2oc2cc(NC(=O)/C=C\C(=O)O)ccc2c3=O)c1. The second-order valence-corrected chi connectivity index (χ2v) is 7.06. The Kier molecular flexibility index (Phi) is 5.41. The predicted octanol–water partition coefficient (Wildman–Crippen LogP) is 3.87. The average molecular weight is 417 g/mol. The first-order valence-corrected chi connectivity index (χ1v) is 9.61. The van der Waals surface area contributed by atoms with E-state index in [4.69, 9.17) is 14.3 Å². The topological polar surface area (TPSA) is 106 Å². The molecule has 0 bridgehead atoms. The normalized spacial score (nSPS) is 14.2. The van der Waals surface area contributed by atoms with Gasteiger partial charge in [0.15, 0.2) is 5.43 Å². The third-order valence-corrected chi connectivity index (χ3v) is 5.00. The number of aliphatic carboxylic acids is 1. The molecule has 0 saturated heterocycles. The Labute approximate surface area is 177 Å². The lowest BCUT2D eigenvalue weighted by Gasteiger charge is -2.07. The highest BCUT2D eigenvalue weighted by Gasteiger charge is 2.24. The van der Waals surface area contributed by atoms with E-state index in [0.717, 1.165) is 29.0 Å². The molecule has 1 heterocycles. The summed E-state index contributed by atoms with van der Waals surface area (Å²) < 4.78 is 11.4. The zero-order chi connectivity index (χ0) is 22.0. The van der Waals surface area contributed by atoms with Crippen LogP contribution < -0.4 is 15.5 Å². The molecule has 0 saturated carbocycles. The molecule has 0 aliphatic heterocycles. The lowest BCUT2D eigenvalue weighted by Crippen LogP contribution is -2.11. The van der Waals surface area contributed by atoms with Crippen molar-refractivity contribution in [1.29, 1.82) is 0 Å². The lowest BCUT2D eigenvalue weighted by atomic mass is 10.1. The maximum absolute atomic E-state index is 13.0. The molecule has 2 aromatic carbocycles. The van der Waals surface area contributed by atoms with Crippen molar-refractivity contribution in [3.63, 3.8) is 0 Å². The van der Waals surface area contributed by atoms with Crippen LogP contribution in [0.5, 0.6) is 5.75 Å². The molecule has 1 aliphatic carbocycles. The second-order valence-electron chi connectivity index (χ2n) is 7.06. The zero-order valence-electron chi connectivity index (χ0n) is 16.7. The number of carbonyl (C=O) groups is 2. The molecule has 7 nitrogen and oxygen atoms in total. The first-order chi connectivity index (χ1) is 14.9. The van der Waals surface area contributed by atoms with Crippen LogP contribution in [0.15, 0.2) is 63.8 Å². The van der Waals surface area contributed by atoms with E-state index in [2.05, 4.69) is 5.32 Å². The largest absolute Gasteiger partial charge is 0.497 e. The smallest absolute Gasteiger partial charge is 0.328 e. The molecule has 156 valence electrons. The van der Waals surface area contributed by atoms with Crippen molar-refractivity contribution in [1.82, 2.24) is 0 Å². The summed E-state index contributed by atoms with van der Waals surface area (Å²) in [6, 6.07) is 12.4. The Morgan fingerprint density at radius 2 is 1.97 bits per heavy atom. The first kappa shape index (κ1) is 20.2. The van der Waals surface area contributed by atoms with E-state index in [1.54, 1.807) is 25.3 Å². The molecule has 31 heavy (non-hydrogen) atoms. The number of amides is 1. The summed E-state index contributed by atoms with van der Waals surface area (Å²) in [5.41, 5.74) is 3.16. The van der Waals surface area contributed by atoms with Crippen LogP contribution in [0.3, 0.4) is 0 Å². The van der Waals surface area contributed by atoms with Crippen LogP contribution in [0, 0.1) is 0 Å². The number of methoxy groups -OCH3 is 1. The molecular weight excluding hydrogens is 398 g/mol. The summed E-state index contributed by atoms with van der Waals surface area (Å²) in [5, 5.41) is 11.6. The minimum absolute atomic E-state index is 0.0889. The van der Waals surface area contributed by atoms with E-state index in [1.165, 1.54) is 0 Å². The second kappa shape index (κ2) is 8.31. The summed E-state index contributed by atoms with van der Waals surface area (Å²) in [4.78, 5) is 35.3. The van der Waals surface area contributed by atoms with Gasteiger partial charge in [0.05, 0.1) is 12.5 Å². The lowest BCUT2D eigenvalue weighted by molar-refractivity contribution is -0.131. The number of fused-ring (bicyclic) bond motifs is 2. The number of benzene rings is 2. The highest BCUT2D eigenvalue weighted by Crippen LogP contribution is 2.35. The van der Waals surface area contributed by atoms with Crippen molar-refractivity contribution in [2.24, 2.45) is 0 Å². The number of ether oxygens (including phenoxy) is 1. The Morgan fingerprint density at radius 1 is 1.13 bits per heavy atom. The molecule has 0 fully saturated rings. The van der Waals surface area contributed by atoms with Crippen LogP contribution in [0.2, 0.25) is 0 Å². The molecule has 4 rings (SSSR count). The van der Waals surface area contributed by atoms with Crippen LogP contribution in [-0.4, -0.2) is 24.1 Å². The van der Waals surface area contributed by atoms with Crippen molar-refractivity contribution in [3.8, 4) is 5.75 Å². The van der Waals surface area contributed by atoms with Gasteiger partial charge in [0.25, 0.3) is 0 Å². The van der Waals surface area contributed by atoms with Gasteiger partial charge in [-0.15, -0.1) is 0 Å². The number of hydrogen-bond acceptors (Lipinski definition) is 5. The van der Waals surface area contributed by atoms with E-state index in [-0.39, 0.29) is 5.43 Å². The average Bonchev–Trinajstić information content (AvgIpc) is 3.15. The third-order valence-electron chi connectivity index (χ3n) is 5.00. The molecule has 0 radical (unpaired) electrons. The fourth-order valence-corrected chi connectivity index (χ4v) is 3.57. The van der Waals surface area contributed by atoms with Crippen molar-refractivity contribution in [2.45, 2.75) is 12.8 Å². The fraction of sp³-hybridized carbons (Fsp3) is 0.125. The van der Waals surface area contributed by atoms with Crippen molar-refractivity contribution in [3.05, 3.63) is 81.7 Å². The number of hydrogen-bond donors (Lipinski definition) is 2. The number of rotatable bonds is 5. The van der Waals surface area contributed by atoms with Gasteiger partial charge in [-0.05, 0) is 54.3 Å². The number of carboxylic acid groups (broad SMARTS) is 1. The molecule has 0 atom stereocenters. The Bertz CT molecular complexity index is 1320. The van der Waals surface area contributed by atoms with Gasteiger partial charge in [-0.2, -0.15) is 0 Å². The first-order valence-electron chi connectivity index (χ1n) is 9.61. The van der Waals surface area contributed by atoms with Gasteiger partial charge in [-0.3, -0.25) is 9.59 Å². The van der Waals surface area contributed by atoms with Gasteiger partial charge < -0.3 is 19.6 Å². The summed E-state index contributed by atoms with van der Waals surface area (Å²) in [6.07, 6.45) is 4.93. The van der Waals surface area contributed by atoms with Gasteiger partial charge in [0.1, 0.15) is 17.1 Å². The van der Waals surface area contributed by atoms with E-state index in [0.29, 0.717) is 40.8 Å². The number of allylic oxidation sites excluding steroid dienone is 1. The maximum Gasteiger partial charge on any atom is 0.328 e. The van der Waals surface area contributed by atoms with Crippen LogP contribution in [-0.2, 0) is 16.0 Å². The molecule has 1 aromatic heterocycles. The summed E-state index contributed by atoms with van der Waals surface area (Å²) >= 11 is 0. The van der Waals surface area contributed by atoms with Gasteiger partial charge >= 0.3 is 5.97 Å². The maximum atomic E-state index is 13.0. The van der Waals surface area contributed by atoms with Gasteiger partial charge in [-0.25, -0.2) is 4.79 Å². The van der Waals surface area contributed by atoms with E-state index in [1.807, 2.05) is 30.3 Å². The molecular formula is C24H19NO6. The van der Waals surface area contributed by atoms with E-state index in [9.17, 15) is 14.4 Å². The Hall–Kier alpha value is -4.13. The van der Waals surface area contributed by atoms with Crippen LogP contribution >= 0.6 is 0 Å². The molecule has 2 N–H and O–H groups in total.